The molecule has 0 amide bonds. The maximum atomic E-state index is 11.7. The third kappa shape index (κ3) is 2.14. The molecule has 0 heterocycles. The predicted octanol–water partition coefficient (Wildman–Crippen LogP) is 2.66. The van der Waals surface area contributed by atoms with Crippen molar-refractivity contribution in [2.75, 3.05) is 19.1 Å². The van der Waals surface area contributed by atoms with E-state index in [1.54, 1.807) is 11.8 Å². The number of fused-ring (bicyclic) bond motifs is 1. The quantitative estimate of drug-likeness (QED) is 0.499. The molecule has 1 aromatic carbocycles. The summed E-state index contributed by atoms with van der Waals surface area (Å²) in [6.45, 7) is 0. The lowest BCUT2D eigenvalue weighted by Gasteiger charge is -2.21. The minimum absolute atomic E-state index is 0.342. The summed E-state index contributed by atoms with van der Waals surface area (Å²) in [5, 5.41) is 0. The minimum Gasteiger partial charge on any atom is -0.465 e. The number of anilines is 1. The Hall–Kier alpha value is -1.16. The van der Waals surface area contributed by atoms with Crippen LogP contribution in [0.5, 0.6) is 0 Å². The average molecular weight is 251 g/mol. The van der Waals surface area contributed by atoms with Crippen LogP contribution in [0.25, 0.3) is 0 Å². The first-order valence-electron chi connectivity index (χ1n) is 5.75. The number of hydrogen-bond acceptors (Lipinski definition) is 4. The first kappa shape index (κ1) is 12.3. The smallest absolute Gasteiger partial charge is 0.340 e. The van der Waals surface area contributed by atoms with E-state index < -0.39 is 0 Å². The first-order valence-corrected chi connectivity index (χ1v) is 6.98. The highest BCUT2D eigenvalue weighted by molar-refractivity contribution is 7.98. The molecule has 0 aromatic heterocycles. The molecule has 4 heteroatoms. The standard InChI is InChI=1S/C13H17NO2S/c1-16-13(15)10-7-8-5-3-4-6-9(8)12(17-2)11(10)14/h7H,3-6,14H2,1-2H3. The number of benzene rings is 1. The van der Waals surface area contributed by atoms with E-state index in [-0.39, 0.29) is 5.97 Å². The average Bonchev–Trinajstić information content (AvgIpc) is 2.37. The maximum absolute atomic E-state index is 11.7. The Kier molecular flexibility index (Phi) is 3.62. The number of carbonyl (C=O) groups excluding carboxylic acids is 1. The van der Waals surface area contributed by atoms with Crippen LogP contribution in [0.1, 0.15) is 34.3 Å². The van der Waals surface area contributed by atoms with Crippen LogP contribution in [0.3, 0.4) is 0 Å². The summed E-state index contributed by atoms with van der Waals surface area (Å²) < 4.78 is 4.78. The number of thioether (sulfide) groups is 1. The summed E-state index contributed by atoms with van der Waals surface area (Å²) >= 11 is 1.62. The molecule has 92 valence electrons. The fourth-order valence-corrected chi connectivity index (χ4v) is 3.21. The molecule has 1 aromatic rings. The van der Waals surface area contributed by atoms with Crippen molar-refractivity contribution >= 4 is 23.4 Å². The van der Waals surface area contributed by atoms with Crippen molar-refractivity contribution in [2.45, 2.75) is 30.6 Å². The van der Waals surface area contributed by atoms with Gasteiger partial charge in [0.1, 0.15) is 0 Å². The highest BCUT2D eigenvalue weighted by atomic mass is 32.2. The van der Waals surface area contributed by atoms with Gasteiger partial charge in [0.25, 0.3) is 0 Å². The number of ether oxygens (including phenoxy) is 1. The molecule has 0 aliphatic heterocycles. The van der Waals surface area contributed by atoms with Crippen molar-refractivity contribution in [2.24, 2.45) is 0 Å². The van der Waals surface area contributed by atoms with E-state index >= 15 is 0 Å². The second-order valence-corrected chi connectivity index (χ2v) is 5.02. The van der Waals surface area contributed by atoms with Crippen molar-refractivity contribution in [3.8, 4) is 0 Å². The van der Waals surface area contributed by atoms with Gasteiger partial charge in [-0.05, 0) is 49.1 Å². The van der Waals surface area contributed by atoms with Crippen LogP contribution in [-0.2, 0) is 17.6 Å². The maximum Gasteiger partial charge on any atom is 0.340 e. The zero-order valence-electron chi connectivity index (χ0n) is 10.2. The predicted molar refractivity (Wildman–Crippen MR) is 70.6 cm³/mol. The Labute approximate surface area is 106 Å². The van der Waals surface area contributed by atoms with Crippen molar-refractivity contribution in [1.29, 1.82) is 0 Å². The van der Waals surface area contributed by atoms with E-state index in [0.29, 0.717) is 11.3 Å². The number of esters is 1. The zero-order chi connectivity index (χ0) is 12.4. The van der Waals surface area contributed by atoms with Gasteiger partial charge in [-0.25, -0.2) is 4.79 Å². The van der Waals surface area contributed by atoms with E-state index in [4.69, 9.17) is 10.5 Å². The Morgan fingerprint density at radius 3 is 2.76 bits per heavy atom. The first-order chi connectivity index (χ1) is 8.19. The van der Waals surface area contributed by atoms with Crippen LogP contribution < -0.4 is 5.73 Å². The summed E-state index contributed by atoms with van der Waals surface area (Å²) in [5.41, 5.74) is 9.75. The zero-order valence-corrected chi connectivity index (χ0v) is 11.0. The van der Waals surface area contributed by atoms with Gasteiger partial charge in [-0.1, -0.05) is 0 Å². The number of rotatable bonds is 2. The molecule has 0 atom stereocenters. The molecule has 2 N–H and O–H groups in total. The van der Waals surface area contributed by atoms with Gasteiger partial charge < -0.3 is 10.5 Å². The Morgan fingerprint density at radius 1 is 1.41 bits per heavy atom. The fourth-order valence-electron chi connectivity index (χ4n) is 2.40. The van der Waals surface area contributed by atoms with Gasteiger partial charge in [0.2, 0.25) is 0 Å². The number of nitrogens with two attached hydrogens (primary N) is 1. The summed E-state index contributed by atoms with van der Waals surface area (Å²) in [6, 6.07) is 1.91. The lowest BCUT2D eigenvalue weighted by molar-refractivity contribution is 0.0601. The van der Waals surface area contributed by atoms with Crippen molar-refractivity contribution < 1.29 is 9.53 Å². The normalized spacial score (nSPS) is 14.2. The number of hydrogen-bond donors (Lipinski definition) is 1. The fraction of sp³-hybridized carbons (Fsp3) is 0.462. The SMILES string of the molecule is COC(=O)c1cc2c(c(SC)c1N)CCCC2. The summed E-state index contributed by atoms with van der Waals surface area (Å²) in [7, 11) is 1.39. The Balaban J connectivity index is 2.60. The van der Waals surface area contributed by atoms with Gasteiger partial charge in [0, 0.05) is 4.90 Å². The molecule has 1 aliphatic rings. The second kappa shape index (κ2) is 5.00. The van der Waals surface area contributed by atoms with E-state index in [1.165, 1.54) is 31.1 Å². The number of carbonyl (C=O) groups is 1. The van der Waals surface area contributed by atoms with Crippen molar-refractivity contribution in [3.63, 3.8) is 0 Å². The van der Waals surface area contributed by atoms with Crippen molar-refractivity contribution in [3.05, 3.63) is 22.8 Å². The summed E-state index contributed by atoms with van der Waals surface area (Å²) in [6.07, 6.45) is 6.49. The molecule has 2 rings (SSSR count). The molecule has 1 aliphatic carbocycles. The molecule has 17 heavy (non-hydrogen) atoms. The van der Waals surface area contributed by atoms with Gasteiger partial charge >= 0.3 is 5.97 Å². The number of nitrogen functional groups attached to an aromatic ring is 1. The van der Waals surface area contributed by atoms with Gasteiger partial charge in [-0.3, -0.25) is 0 Å². The molecular weight excluding hydrogens is 234 g/mol. The highest BCUT2D eigenvalue weighted by Gasteiger charge is 2.21. The lowest BCUT2D eigenvalue weighted by Crippen LogP contribution is -2.13. The van der Waals surface area contributed by atoms with Crippen molar-refractivity contribution in [1.82, 2.24) is 0 Å². The third-order valence-electron chi connectivity index (χ3n) is 3.25. The molecule has 0 bridgehead atoms. The van der Waals surface area contributed by atoms with Crippen LogP contribution in [-0.4, -0.2) is 19.3 Å². The molecule has 0 spiro atoms. The monoisotopic (exact) mass is 251 g/mol. The van der Waals surface area contributed by atoms with E-state index in [0.717, 1.165) is 17.7 Å². The molecule has 0 unspecified atom stereocenters. The topological polar surface area (TPSA) is 52.3 Å². The van der Waals surface area contributed by atoms with Gasteiger partial charge in [0.15, 0.2) is 0 Å². The van der Waals surface area contributed by atoms with E-state index in [9.17, 15) is 4.79 Å². The highest BCUT2D eigenvalue weighted by Crippen LogP contribution is 2.37. The van der Waals surface area contributed by atoms with E-state index in [1.807, 2.05) is 12.3 Å². The molecule has 0 radical (unpaired) electrons. The molecule has 3 nitrogen and oxygen atoms in total. The third-order valence-corrected chi connectivity index (χ3v) is 4.12. The van der Waals surface area contributed by atoms with Crippen LogP contribution >= 0.6 is 11.8 Å². The number of methoxy groups -OCH3 is 1. The summed E-state index contributed by atoms with van der Waals surface area (Å²) in [4.78, 5) is 12.7. The molecular formula is C13H17NO2S. The summed E-state index contributed by atoms with van der Waals surface area (Å²) in [5.74, 6) is -0.342. The molecule has 0 fully saturated rings. The van der Waals surface area contributed by atoms with Crippen LogP contribution in [0.2, 0.25) is 0 Å². The number of aryl methyl sites for hydroxylation is 1. The molecule has 0 saturated carbocycles. The van der Waals surface area contributed by atoms with Crippen LogP contribution in [0, 0.1) is 0 Å². The van der Waals surface area contributed by atoms with Crippen LogP contribution in [0.4, 0.5) is 5.69 Å². The van der Waals surface area contributed by atoms with E-state index in [2.05, 4.69) is 0 Å². The Bertz CT molecular complexity index is 457. The molecule has 0 saturated heterocycles. The Morgan fingerprint density at radius 2 is 2.12 bits per heavy atom. The largest absolute Gasteiger partial charge is 0.465 e. The minimum atomic E-state index is -0.342. The lowest BCUT2D eigenvalue weighted by atomic mass is 9.89. The van der Waals surface area contributed by atoms with Crippen LogP contribution in [0.15, 0.2) is 11.0 Å². The second-order valence-electron chi connectivity index (χ2n) is 4.21. The van der Waals surface area contributed by atoms with Gasteiger partial charge in [0.05, 0.1) is 18.4 Å². The van der Waals surface area contributed by atoms with Gasteiger partial charge in [-0.15, -0.1) is 11.8 Å². The van der Waals surface area contributed by atoms with Gasteiger partial charge in [-0.2, -0.15) is 0 Å².